The van der Waals surface area contributed by atoms with E-state index in [9.17, 15) is 4.79 Å². The first kappa shape index (κ1) is 16.9. The molecule has 0 radical (unpaired) electrons. The van der Waals surface area contributed by atoms with Gasteiger partial charge >= 0.3 is 5.97 Å². The summed E-state index contributed by atoms with van der Waals surface area (Å²) in [7, 11) is 0. The zero-order valence-corrected chi connectivity index (χ0v) is 13.5. The standard InChI is InChI=1S/C19H23NO3/c1-16-8-7-9-17(14-16)20-12-5-6-13-22-19(21)15-23-18-10-3-2-4-11-18/h2-4,7-11,14,20H,5-6,12-13,15H2,1H3. The number of nitrogens with one attached hydrogen (secondary N) is 1. The maximum absolute atomic E-state index is 11.5. The minimum atomic E-state index is -0.333. The third kappa shape index (κ3) is 6.87. The highest BCUT2D eigenvalue weighted by Crippen LogP contribution is 2.10. The van der Waals surface area contributed by atoms with Crippen molar-refractivity contribution < 1.29 is 14.3 Å². The van der Waals surface area contributed by atoms with Crippen molar-refractivity contribution in [2.75, 3.05) is 25.1 Å². The van der Waals surface area contributed by atoms with Crippen LogP contribution in [0.2, 0.25) is 0 Å². The van der Waals surface area contributed by atoms with E-state index < -0.39 is 0 Å². The van der Waals surface area contributed by atoms with E-state index in [-0.39, 0.29) is 12.6 Å². The van der Waals surface area contributed by atoms with Gasteiger partial charge in [0.05, 0.1) is 6.61 Å². The van der Waals surface area contributed by atoms with Gasteiger partial charge in [0.15, 0.2) is 6.61 Å². The van der Waals surface area contributed by atoms with Crippen LogP contribution in [0, 0.1) is 6.92 Å². The topological polar surface area (TPSA) is 47.6 Å². The number of carbonyl (C=O) groups is 1. The second kappa shape index (κ2) is 9.51. The number of unbranched alkanes of at least 4 members (excludes halogenated alkanes) is 1. The molecule has 4 nitrogen and oxygen atoms in total. The van der Waals surface area contributed by atoms with Gasteiger partial charge in [0.2, 0.25) is 0 Å². The van der Waals surface area contributed by atoms with Gasteiger partial charge in [-0.25, -0.2) is 4.79 Å². The van der Waals surface area contributed by atoms with Gasteiger partial charge in [-0.3, -0.25) is 0 Å². The highest BCUT2D eigenvalue weighted by molar-refractivity contribution is 5.71. The van der Waals surface area contributed by atoms with Gasteiger partial charge in [-0.05, 0) is 49.6 Å². The molecule has 2 aromatic carbocycles. The fraction of sp³-hybridized carbons (Fsp3) is 0.316. The number of hydrogen-bond donors (Lipinski definition) is 1. The van der Waals surface area contributed by atoms with Crippen molar-refractivity contribution in [3.05, 3.63) is 60.2 Å². The molecule has 1 N–H and O–H groups in total. The quantitative estimate of drug-likeness (QED) is 0.565. The molecule has 0 saturated heterocycles. The van der Waals surface area contributed by atoms with Crippen LogP contribution in [-0.4, -0.2) is 25.7 Å². The molecule has 0 bridgehead atoms. The second-order valence-corrected chi connectivity index (χ2v) is 5.33. The van der Waals surface area contributed by atoms with Gasteiger partial charge < -0.3 is 14.8 Å². The third-order valence-electron chi connectivity index (χ3n) is 3.28. The highest BCUT2D eigenvalue weighted by Gasteiger charge is 2.03. The summed E-state index contributed by atoms with van der Waals surface area (Å²) in [4.78, 5) is 11.5. The summed E-state index contributed by atoms with van der Waals surface area (Å²) in [5.74, 6) is 0.340. The molecule has 0 saturated carbocycles. The van der Waals surface area contributed by atoms with E-state index >= 15 is 0 Å². The number of esters is 1. The van der Waals surface area contributed by atoms with E-state index in [4.69, 9.17) is 9.47 Å². The maximum Gasteiger partial charge on any atom is 0.344 e. The third-order valence-corrected chi connectivity index (χ3v) is 3.28. The molecule has 0 heterocycles. The number of anilines is 1. The average Bonchev–Trinajstić information content (AvgIpc) is 2.57. The van der Waals surface area contributed by atoms with E-state index in [0.717, 1.165) is 25.1 Å². The molecule has 0 amide bonds. The largest absolute Gasteiger partial charge is 0.482 e. The van der Waals surface area contributed by atoms with Crippen LogP contribution in [0.15, 0.2) is 54.6 Å². The van der Waals surface area contributed by atoms with Crippen molar-refractivity contribution >= 4 is 11.7 Å². The van der Waals surface area contributed by atoms with E-state index in [0.29, 0.717) is 12.4 Å². The summed E-state index contributed by atoms with van der Waals surface area (Å²) >= 11 is 0. The lowest BCUT2D eigenvalue weighted by Crippen LogP contribution is -2.15. The molecule has 0 unspecified atom stereocenters. The fourth-order valence-corrected chi connectivity index (χ4v) is 2.10. The molecule has 0 aromatic heterocycles. The molecule has 0 fully saturated rings. The van der Waals surface area contributed by atoms with Gasteiger partial charge in [0.1, 0.15) is 5.75 Å². The van der Waals surface area contributed by atoms with Gasteiger partial charge in [-0.1, -0.05) is 30.3 Å². The minimum Gasteiger partial charge on any atom is -0.482 e. The van der Waals surface area contributed by atoms with Crippen LogP contribution in [0.1, 0.15) is 18.4 Å². The van der Waals surface area contributed by atoms with Gasteiger partial charge in [-0.2, -0.15) is 0 Å². The van der Waals surface area contributed by atoms with E-state index in [1.54, 1.807) is 0 Å². The summed E-state index contributed by atoms with van der Waals surface area (Å²) in [6.07, 6.45) is 1.77. The molecule has 122 valence electrons. The molecule has 0 spiro atoms. The Morgan fingerprint density at radius 1 is 1.04 bits per heavy atom. The minimum absolute atomic E-state index is 0.0500. The maximum atomic E-state index is 11.5. The van der Waals surface area contributed by atoms with Crippen molar-refractivity contribution in [2.24, 2.45) is 0 Å². The van der Waals surface area contributed by atoms with Crippen LogP contribution >= 0.6 is 0 Å². The smallest absolute Gasteiger partial charge is 0.344 e. The van der Waals surface area contributed by atoms with Gasteiger partial charge in [0.25, 0.3) is 0 Å². The lowest BCUT2D eigenvalue weighted by Gasteiger charge is -2.08. The van der Waals surface area contributed by atoms with Gasteiger partial charge in [0, 0.05) is 12.2 Å². The van der Waals surface area contributed by atoms with Crippen LogP contribution in [0.5, 0.6) is 5.75 Å². The molecule has 4 heteroatoms. The molecule has 2 rings (SSSR count). The number of carbonyl (C=O) groups excluding carboxylic acids is 1. The molecule has 0 aliphatic rings. The summed E-state index contributed by atoms with van der Waals surface area (Å²) in [6, 6.07) is 17.5. The summed E-state index contributed by atoms with van der Waals surface area (Å²) in [6.45, 7) is 3.31. The predicted octanol–water partition coefficient (Wildman–Crippen LogP) is 3.81. The van der Waals surface area contributed by atoms with Gasteiger partial charge in [-0.15, -0.1) is 0 Å². The Morgan fingerprint density at radius 3 is 2.65 bits per heavy atom. The van der Waals surface area contributed by atoms with Crippen LogP contribution in [0.3, 0.4) is 0 Å². The van der Waals surface area contributed by atoms with Crippen molar-refractivity contribution in [1.29, 1.82) is 0 Å². The molecule has 0 aliphatic carbocycles. The molecule has 0 aliphatic heterocycles. The Hall–Kier alpha value is -2.49. The van der Waals surface area contributed by atoms with Crippen LogP contribution in [-0.2, 0) is 9.53 Å². The van der Waals surface area contributed by atoms with Crippen molar-refractivity contribution in [2.45, 2.75) is 19.8 Å². The van der Waals surface area contributed by atoms with Crippen LogP contribution in [0.4, 0.5) is 5.69 Å². The lowest BCUT2D eigenvalue weighted by atomic mass is 10.2. The zero-order valence-electron chi connectivity index (χ0n) is 13.5. The van der Waals surface area contributed by atoms with Crippen molar-refractivity contribution in [3.8, 4) is 5.75 Å². The Balaban J connectivity index is 1.51. The SMILES string of the molecule is Cc1cccc(NCCCCOC(=O)COc2ccccc2)c1. The van der Waals surface area contributed by atoms with Crippen LogP contribution < -0.4 is 10.1 Å². The number of aryl methyl sites for hydroxylation is 1. The number of benzene rings is 2. The van der Waals surface area contributed by atoms with Crippen molar-refractivity contribution in [1.82, 2.24) is 0 Å². The number of rotatable bonds is 9. The monoisotopic (exact) mass is 313 g/mol. The Kier molecular flexibility index (Phi) is 6.98. The predicted molar refractivity (Wildman–Crippen MR) is 91.8 cm³/mol. The molecular weight excluding hydrogens is 290 g/mol. The first-order chi connectivity index (χ1) is 11.2. The summed E-state index contributed by atoms with van der Waals surface area (Å²) in [5, 5.41) is 3.36. The first-order valence-corrected chi connectivity index (χ1v) is 7.88. The molecule has 0 atom stereocenters. The molecule has 2 aromatic rings. The lowest BCUT2D eigenvalue weighted by molar-refractivity contribution is -0.146. The van der Waals surface area contributed by atoms with Crippen molar-refractivity contribution in [3.63, 3.8) is 0 Å². The van der Waals surface area contributed by atoms with Crippen LogP contribution in [0.25, 0.3) is 0 Å². The normalized spacial score (nSPS) is 10.1. The summed E-state index contributed by atoms with van der Waals surface area (Å²) < 4.78 is 10.5. The highest BCUT2D eigenvalue weighted by atomic mass is 16.6. The Labute approximate surface area is 137 Å². The van der Waals surface area contributed by atoms with E-state index in [1.165, 1.54) is 5.56 Å². The number of ether oxygens (including phenoxy) is 2. The van der Waals surface area contributed by atoms with E-state index in [2.05, 4.69) is 24.4 Å². The first-order valence-electron chi connectivity index (χ1n) is 7.88. The fourth-order valence-electron chi connectivity index (χ4n) is 2.10. The zero-order chi connectivity index (χ0) is 16.3. The Bertz CT molecular complexity index is 599. The Morgan fingerprint density at radius 2 is 1.87 bits per heavy atom. The molecular formula is C19H23NO3. The molecule has 23 heavy (non-hydrogen) atoms. The number of para-hydroxylation sites is 1. The average molecular weight is 313 g/mol. The summed E-state index contributed by atoms with van der Waals surface area (Å²) in [5.41, 5.74) is 2.36. The van der Waals surface area contributed by atoms with E-state index in [1.807, 2.05) is 42.5 Å². The second-order valence-electron chi connectivity index (χ2n) is 5.33. The number of hydrogen-bond acceptors (Lipinski definition) is 4.